The van der Waals surface area contributed by atoms with E-state index >= 15 is 0 Å². The third-order valence-electron chi connectivity index (χ3n) is 2.97. The fourth-order valence-corrected chi connectivity index (χ4v) is 2.28. The van der Waals surface area contributed by atoms with E-state index in [1.165, 1.54) is 12.8 Å². The summed E-state index contributed by atoms with van der Waals surface area (Å²) in [5, 5.41) is 0. The smallest absolute Gasteiger partial charge is 0.161 e. The first-order chi connectivity index (χ1) is 8.76. The summed E-state index contributed by atoms with van der Waals surface area (Å²) in [5.41, 5.74) is 4.68. The summed E-state index contributed by atoms with van der Waals surface area (Å²) in [6.07, 6.45) is 2.41. The minimum absolute atomic E-state index is 0.575. The van der Waals surface area contributed by atoms with Crippen molar-refractivity contribution >= 4 is 21.7 Å². The second-order valence-electron chi connectivity index (χ2n) is 4.43. The van der Waals surface area contributed by atoms with Gasteiger partial charge in [0, 0.05) is 27.7 Å². The Kier molecular flexibility index (Phi) is 3.01. The van der Waals surface area contributed by atoms with E-state index in [0.717, 1.165) is 15.7 Å². The van der Waals surface area contributed by atoms with Crippen molar-refractivity contribution in [2.24, 2.45) is 5.84 Å². The first kappa shape index (κ1) is 11.6. The van der Waals surface area contributed by atoms with Crippen LogP contribution < -0.4 is 11.3 Å². The van der Waals surface area contributed by atoms with Crippen LogP contribution in [0.5, 0.6) is 0 Å². The molecule has 1 fully saturated rings. The number of hydrogen-bond donors (Lipinski definition) is 2. The molecule has 18 heavy (non-hydrogen) atoms. The zero-order valence-electron chi connectivity index (χ0n) is 9.73. The van der Waals surface area contributed by atoms with Gasteiger partial charge in [0.2, 0.25) is 0 Å². The number of nitrogen functional groups attached to an aromatic ring is 1. The molecule has 3 rings (SSSR count). The fraction of sp³-hybridized carbons (Fsp3) is 0.231. The van der Waals surface area contributed by atoms with E-state index < -0.39 is 0 Å². The molecule has 0 aliphatic heterocycles. The lowest BCUT2D eigenvalue weighted by molar-refractivity contribution is 0.991. The Bertz CT molecular complexity index is 581. The lowest BCUT2D eigenvalue weighted by Gasteiger charge is -2.07. The molecule has 1 aliphatic carbocycles. The molecule has 0 spiro atoms. The first-order valence-corrected chi connectivity index (χ1v) is 6.67. The van der Waals surface area contributed by atoms with E-state index in [9.17, 15) is 0 Å². The molecule has 0 amide bonds. The van der Waals surface area contributed by atoms with Crippen molar-refractivity contribution in [1.29, 1.82) is 0 Å². The molecule has 92 valence electrons. The molecule has 2 aromatic rings. The number of hydrogen-bond acceptors (Lipinski definition) is 4. The molecule has 1 aliphatic rings. The predicted molar refractivity (Wildman–Crippen MR) is 75.0 cm³/mol. The molecule has 1 heterocycles. The van der Waals surface area contributed by atoms with E-state index in [4.69, 9.17) is 5.84 Å². The molecular formula is C13H13BrN4. The van der Waals surface area contributed by atoms with Gasteiger partial charge in [0.05, 0.1) is 0 Å². The van der Waals surface area contributed by atoms with Crippen molar-refractivity contribution in [3.8, 4) is 11.4 Å². The number of halogens is 1. The number of benzene rings is 1. The second-order valence-corrected chi connectivity index (χ2v) is 5.35. The summed E-state index contributed by atoms with van der Waals surface area (Å²) in [7, 11) is 0. The Hall–Kier alpha value is -1.46. The van der Waals surface area contributed by atoms with Gasteiger partial charge in [-0.1, -0.05) is 28.1 Å². The van der Waals surface area contributed by atoms with Crippen LogP contribution in [-0.4, -0.2) is 9.97 Å². The number of nitrogens with two attached hydrogens (primary N) is 1. The SMILES string of the molecule is NNc1cc(C2CC2)nc(-c2cccc(Br)c2)n1. The Labute approximate surface area is 114 Å². The monoisotopic (exact) mass is 304 g/mol. The van der Waals surface area contributed by atoms with Crippen LogP contribution in [0.4, 0.5) is 5.82 Å². The summed E-state index contributed by atoms with van der Waals surface area (Å²) >= 11 is 3.46. The number of nitrogens with zero attached hydrogens (tertiary/aromatic N) is 2. The number of anilines is 1. The summed E-state index contributed by atoms with van der Waals surface area (Å²) in [6.45, 7) is 0. The lowest BCUT2D eigenvalue weighted by atomic mass is 10.2. The molecular weight excluding hydrogens is 292 g/mol. The van der Waals surface area contributed by atoms with Crippen molar-refractivity contribution < 1.29 is 0 Å². The van der Waals surface area contributed by atoms with E-state index in [1.807, 2.05) is 30.3 Å². The number of aromatic nitrogens is 2. The molecule has 0 atom stereocenters. The highest BCUT2D eigenvalue weighted by Gasteiger charge is 2.26. The average molecular weight is 305 g/mol. The Morgan fingerprint density at radius 1 is 1.22 bits per heavy atom. The van der Waals surface area contributed by atoms with Crippen molar-refractivity contribution in [3.05, 3.63) is 40.5 Å². The minimum Gasteiger partial charge on any atom is -0.308 e. The van der Waals surface area contributed by atoms with Crippen LogP contribution in [0.2, 0.25) is 0 Å². The maximum absolute atomic E-state index is 5.47. The van der Waals surface area contributed by atoms with Gasteiger partial charge in [0.1, 0.15) is 5.82 Å². The highest BCUT2D eigenvalue weighted by Crippen LogP contribution is 2.40. The van der Waals surface area contributed by atoms with Crippen molar-refractivity contribution in [2.45, 2.75) is 18.8 Å². The van der Waals surface area contributed by atoms with Gasteiger partial charge in [-0.2, -0.15) is 0 Å². The Morgan fingerprint density at radius 3 is 2.72 bits per heavy atom. The third-order valence-corrected chi connectivity index (χ3v) is 3.47. The minimum atomic E-state index is 0.575. The van der Waals surface area contributed by atoms with Crippen molar-refractivity contribution in [3.63, 3.8) is 0 Å². The summed E-state index contributed by atoms with van der Waals surface area (Å²) in [4.78, 5) is 9.03. The van der Waals surface area contributed by atoms with E-state index in [2.05, 4.69) is 31.3 Å². The van der Waals surface area contributed by atoms with E-state index in [1.54, 1.807) is 0 Å². The number of rotatable bonds is 3. The predicted octanol–water partition coefficient (Wildman–Crippen LogP) is 3.07. The van der Waals surface area contributed by atoms with Gasteiger partial charge >= 0.3 is 0 Å². The highest BCUT2D eigenvalue weighted by molar-refractivity contribution is 9.10. The molecule has 3 N–H and O–H groups in total. The van der Waals surface area contributed by atoms with Gasteiger partial charge in [-0.15, -0.1) is 0 Å². The van der Waals surface area contributed by atoms with Crippen molar-refractivity contribution in [1.82, 2.24) is 9.97 Å². The summed E-state index contributed by atoms with van der Waals surface area (Å²) in [5.74, 6) is 7.43. The Morgan fingerprint density at radius 2 is 2.06 bits per heavy atom. The molecule has 0 bridgehead atoms. The first-order valence-electron chi connectivity index (χ1n) is 5.88. The fourth-order valence-electron chi connectivity index (χ4n) is 1.88. The van der Waals surface area contributed by atoms with Crippen molar-refractivity contribution in [2.75, 3.05) is 5.43 Å². The van der Waals surface area contributed by atoms with Gasteiger partial charge in [-0.3, -0.25) is 0 Å². The van der Waals surface area contributed by atoms with Crippen LogP contribution >= 0.6 is 15.9 Å². The van der Waals surface area contributed by atoms with E-state index in [-0.39, 0.29) is 0 Å². The number of hydrazine groups is 1. The summed E-state index contributed by atoms with van der Waals surface area (Å²) < 4.78 is 1.02. The standard InChI is InChI=1S/C13H13BrN4/c14-10-3-1-2-9(6-10)13-16-11(8-4-5-8)7-12(17-13)18-15/h1-3,6-8H,4-5,15H2,(H,16,17,18). The number of nitrogens with one attached hydrogen (secondary N) is 1. The molecule has 4 nitrogen and oxygen atoms in total. The Balaban J connectivity index is 2.07. The van der Waals surface area contributed by atoms with Crippen LogP contribution in [0.3, 0.4) is 0 Å². The maximum Gasteiger partial charge on any atom is 0.161 e. The van der Waals surface area contributed by atoms with E-state index in [0.29, 0.717) is 17.6 Å². The zero-order valence-corrected chi connectivity index (χ0v) is 11.3. The largest absolute Gasteiger partial charge is 0.308 e. The van der Waals surface area contributed by atoms with Gasteiger partial charge in [0.15, 0.2) is 5.82 Å². The molecule has 1 saturated carbocycles. The lowest BCUT2D eigenvalue weighted by Crippen LogP contribution is -2.10. The highest BCUT2D eigenvalue weighted by atomic mass is 79.9. The molecule has 0 unspecified atom stereocenters. The normalized spacial score (nSPS) is 14.6. The van der Waals surface area contributed by atoms with Crippen LogP contribution in [0, 0.1) is 0 Å². The second kappa shape index (κ2) is 4.66. The zero-order chi connectivity index (χ0) is 12.5. The topological polar surface area (TPSA) is 63.8 Å². The quantitative estimate of drug-likeness (QED) is 0.676. The van der Waals surface area contributed by atoms with Gasteiger partial charge in [-0.05, 0) is 25.0 Å². The van der Waals surface area contributed by atoms with Gasteiger partial charge in [-0.25, -0.2) is 15.8 Å². The van der Waals surface area contributed by atoms with Gasteiger partial charge < -0.3 is 5.43 Å². The molecule has 1 aromatic heterocycles. The van der Waals surface area contributed by atoms with Crippen LogP contribution in [0.25, 0.3) is 11.4 Å². The molecule has 0 saturated heterocycles. The van der Waals surface area contributed by atoms with Crippen LogP contribution in [0.15, 0.2) is 34.8 Å². The van der Waals surface area contributed by atoms with Gasteiger partial charge in [0.25, 0.3) is 0 Å². The third kappa shape index (κ3) is 2.37. The van der Waals surface area contributed by atoms with Crippen LogP contribution in [0.1, 0.15) is 24.5 Å². The van der Waals surface area contributed by atoms with Crippen LogP contribution in [-0.2, 0) is 0 Å². The average Bonchev–Trinajstić information content (AvgIpc) is 3.22. The maximum atomic E-state index is 5.47. The summed E-state index contributed by atoms with van der Waals surface area (Å²) in [6, 6.07) is 9.89. The molecule has 1 aromatic carbocycles. The molecule has 0 radical (unpaired) electrons. The molecule has 5 heteroatoms.